The predicted molar refractivity (Wildman–Crippen MR) is 146 cm³/mol. The van der Waals surface area contributed by atoms with Crippen LogP contribution in [0.2, 0.25) is 0 Å². The fourth-order valence-corrected chi connectivity index (χ4v) is 11.7. The Labute approximate surface area is 245 Å². The van der Waals surface area contributed by atoms with Gasteiger partial charge in [-0.3, -0.25) is 0 Å². The largest absolute Gasteiger partial charge is 0.452 e. The number of hydrogen-bond acceptors (Lipinski definition) is 11. The molecule has 1 aromatic rings. The highest BCUT2D eigenvalue weighted by Gasteiger charge is 2.93. The number of carbonyl (C=O) groups is 1. The van der Waals surface area contributed by atoms with Gasteiger partial charge in [0.05, 0.1) is 36.6 Å². The van der Waals surface area contributed by atoms with E-state index in [4.69, 9.17) is 23.7 Å². The molecule has 0 amide bonds. The highest BCUT2D eigenvalue weighted by Crippen LogP contribution is 2.80. The summed E-state index contributed by atoms with van der Waals surface area (Å²) in [5.41, 5.74) is -7.16. The lowest BCUT2D eigenvalue weighted by Gasteiger charge is -2.71. The van der Waals surface area contributed by atoms with Crippen molar-refractivity contribution in [2.45, 2.75) is 72.6 Å². The summed E-state index contributed by atoms with van der Waals surface area (Å²) in [6, 6.07) is 8.09. The molecule has 1 spiro atoms. The molecule has 0 aromatic heterocycles. The van der Waals surface area contributed by atoms with Crippen LogP contribution in [0.4, 0.5) is 0 Å². The lowest BCUT2D eigenvalue weighted by molar-refractivity contribution is -0.346. The van der Waals surface area contributed by atoms with Gasteiger partial charge in [0.1, 0.15) is 16.8 Å². The summed E-state index contributed by atoms with van der Waals surface area (Å²) in [7, 11) is 8.25. The van der Waals surface area contributed by atoms with Crippen molar-refractivity contribution < 1.29 is 48.9 Å². The first kappa shape index (κ1) is 29.1. The number of fused-ring (bicyclic) bond motifs is 2. The molecule has 7 rings (SSSR count). The quantitative estimate of drug-likeness (QED) is 0.315. The van der Waals surface area contributed by atoms with Gasteiger partial charge in [-0.15, -0.1) is 0 Å². The summed E-state index contributed by atoms with van der Waals surface area (Å²) in [6.07, 6.45) is -4.17. The molecule has 1 saturated heterocycles. The smallest absolute Gasteiger partial charge is 0.338 e. The zero-order valence-electron chi connectivity index (χ0n) is 24.8. The first-order chi connectivity index (χ1) is 20.0. The monoisotopic (exact) mass is 589 g/mol. The molecule has 5 aliphatic carbocycles. The fourth-order valence-electron chi connectivity index (χ4n) is 11.7. The second-order valence-electron chi connectivity index (χ2n) is 13.8. The molecule has 1 heterocycles. The van der Waals surface area contributed by atoms with E-state index in [0.29, 0.717) is 6.54 Å². The highest BCUT2D eigenvalue weighted by molar-refractivity contribution is 5.89. The van der Waals surface area contributed by atoms with E-state index < -0.39 is 81.9 Å². The lowest BCUT2D eigenvalue weighted by atomic mass is 9.41. The van der Waals surface area contributed by atoms with Crippen molar-refractivity contribution in [3.8, 4) is 0 Å². The zero-order valence-corrected chi connectivity index (χ0v) is 24.8. The summed E-state index contributed by atoms with van der Waals surface area (Å²) in [5.74, 6) is -2.58. The molecule has 1 aliphatic heterocycles. The first-order valence-corrected chi connectivity index (χ1v) is 14.9. The minimum atomic E-state index is -2.07. The number of rotatable bonds is 7. The van der Waals surface area contributed by atoms with Crippen molar-refractivity contribution in [3.63, 3.8) is 0 Å². The first-order valence-electron chi connectivity index (χ1n) is 14.9. The number of aliphatic hydroxyl groups is 4. The number of piperidine rings is 1. The summed E-state index contributed by atoms with van der Waals surface area (Å²) >= 11 is 0. The number of aliphatic hydroxyl groups excluding tert-OH is 1. The van der Waals surface area contributed by atoms with Gasteiger partial charge in [-0.1, -0.05) is 18.2 Å². The van der Waals surface area contributed by atoms with Crippen LogP contribution < -0.4 is 0 Å². The number of likely N-dealkylation sites (tertiary alicyclic amines) is 1. The Balaban J connectivity index is 1.48. The maximum absolute atomic E-state index is 13.5. The van der Waals surface area contributed by atoms with Gasteiger partial charge in [0.15, 0.2) is 6.10 Å². The Morgan fingerprint density at radius 2 is 1.69 bits per heavy atom. The molecular weight excluding hydrogens is 546 g/mol. The van der Waals surface area contributed by atoms with E-state index in [9.17, 15) is 25.2 Å². The summed E-state index contributed by atoms with van der Waals surface area (Å²) < 4.78 is 30.3. The molecule has 5 saturated carbocycles. The van der Waals surface area contributed by atoms with Gasteiger partial charge in [0.25, 0.3) is 0 Å². The van der Waals surface area contributed by atoms with E-state index in [0.717, 1.165) is 0 Å². The third-order valence-electron chi connectivity index (χ3n) is 12.7. The third kappa shape index (κ3) is 2.96. The van der Waals surface area contributed by atoms with Crippen LogP contribution in [0.5, 0.6) is 0 Å². The Morgan fingerprint density at radius 3 is 2.31 bits per heavy atom. The zero-order chi connectivity index (χ0) is 30.0. The van der Waals surface area contributed by atoms with Crippen LogP contribution in [0, 0.1) is 28.6 Å². The van der Waals surface area contributed by atoms with Crippen molar-refractivity contribution in [1.82, 2.24) is 4.90 Å². The minimum Gasteiger partial charge on any atom is -0.452 e. The van der Waals surface area contributed by atoms with Crippen molar-refractivity contribution >= 4 is 5.97 Å². The van der Waals surface area contributed by atoms with Gasteiger partial charge in [-0.25, -0.2) is 4.79 Å². The van der Waals surface area contributed by atoms with Crippen LogP contribution >= 0.6 is 0 Å². The van der Waals surface area contributed by atoms with Crippen molar-refractivity contribution in [2.24, 2.45) is 28.6 Å². The second-order valence-corrected chi connectivity index (χ2v) is 13.8. The minimum absolute atomic E-state index is 0.0000642. The predicted octanol–water partition coefficient (Wildman–Crippen LogP) is -0.169. The van der Waals surface area contributed by atoms with E-state index in [1.807, 2.05) is 7.05 Å². The van der Waals surface area contributed by atoms with E-state index in [-0.39, 0.29) is 37.5 Å². The van der Waals surface area contributed by atoms with Crippen LogP contribution in [-0.4, -0.2) is 133 Å². The Morgan fingerprint density at radius 1 is 1.00 bits per heavy atom. The normalized spacial score (nSPS) is 53.7. The van der Waals surface area contributed by atoms with Crippen molar-refractivity contribution in [3.05, 3.63) is 35.9 Å². The molecule has 232 valence electrons. The average Bonchev–Trinajstić information content (AvgIpc) is 3.34. The standard InChI is InChI=1S/C31H43NO10/c1-32-14-27(15-38-2)18(33)11-19(39-3)30-17-12-28(35)20(40-4)13-29(36,21(24(30)32)22(41-5)23(27)30)31(17,37)26(28)42-25(34)16-9-7-6-8-10-16/h6-10,17-24,26,33,35-37H,11-15H2,1-5H3/t17-,18+,19-,20-,21-,22-,23+,24-,26-,27-,28-,29-,30-,31+/m0/s1. The number of benzene rings is 1. The number of methoxy groups -OCH3 is 4. The van der Waals surface area contributed by atoms with Gasteiger partial charge >= 0.3 is 5.97 Å². The molecule has 0 radical (unpaired) electrons. The Hall–Kier alpha value is -1.67. The Kier molecular flexibility index (Phi) is 6.35. The van der Waals surface area contributed by atoms with Crippen LogP contribution in [0.25, 0.3) is 0 Å². The topological polar surface area (TPSA) is 147 Å². The SMILES string of the molecule is COC[C@]12CN(C)[C@H]3[C@@H]4[C@H](OC)[C@H]1[C@@]3([C@@H](OC)C[C@H]2O)[C@@H]1C[C@]2(O)[C@@H](OC)C[C@@]4(O)[C@]1(O)[C@H]2OC(=O)c1ccccc1. The molecule has 42 heavy (non-hydrogen) atoms. The molecule has 6 fully saturated rings. The number of esters is 1. The van der Waals surface area contributed by atoms with Gasteiger partial charge < -0.3 is 49.0 Å². The lowest BCUT2D eigenvalue weighted by Crippen LogP contribution is -2.84. The van der Waals surface area contributed by atoms with E-state index in [1.165, 1.54) is 7.11 Å². The van der Waals surface area contributed by atoms with Crippen LogP contribution in [0.3, 0.4) is 0 Å². The molecule has 14 atom stereocenters. The van der Waals surface area contributed by atoms with Gasteiger partial charge in [-0.05, 0) is 25.6 Å². The van der Waals surface area contributed by atoms with Crippen molar-refractivity contribution in [2.75, 3.05) is 48.6 Å². The molecule has 11 nitrogen and oxygen atoms in total. The number of nitrogens with zero attached hydrogens (tertiary/aromatic N) is 1. The molecule has 7 bridgehead atoms. The molecule has 11 heteroatoms. The highest BCUT2D eigenvalue weighted by atomic mass is 16.6. The molecule has 0 unspecified atom stereocenters. The molecule has 1 aromatic carbocycles. The van der Waals surface area contributed by atoms with Crippen LogP contribution in [0.15, 0.2) is 30.3 Å². The Bertz CT molecular complexity index is 1250. The maximum Gasteiger partial charge on any atom is 0.338 e. The molecule has 4 N–H and O–H groups in total. The van der Waals surface area contributed by atoms with E-state index in [2.05, 4.69) is 4.90 Å². The van der Waals surface area contributed by atoms with Crippen LogP contribution in [-0.2, 0) is 23.7 Å². The van der Waals surface area contributed by atoms with Gasteiger partial charge in [-0.2, -0.15) is 0 Å². The fraction of sp³-hybridized carbons (Fsp3) is 0.774. The second kappa shape index (κ2) is 9.18. The summed E-state index contributed by atoms with van der Waals surface area (Å²) in [5, 5.41) is 50.5. The average molecular weight is 590 g/mol. The van der Waals surface area contributed by atoms with Gasteiger partial charge in [0.2, 0.25) is 0 Å². The van der Waals surface area contributed by atoms with E-state index >= 15 is 0 Å². The summed E-state index contributed by atoms with van der Waals surface area (Å²) in [6.45, 7) is 0.735. The molecule has 6 aliphatic rings. The number of hydrogen-bond donors (Lipinski definition) is 4. The van der Waals surface area contributed by atoms with E-state index in [1.54, 1.807) is 51.7 Å². The van der Waals surface area contributed by atoms with Crippen LogP contribution in [0.1, 0.15) is 29.6 Å². The summed E-state index contributed by atoms with van der Waals surface area (Å²) in [4.78, 5) is 15.7. The molecular formula is C31H43NO10. The van der Waals surface area contributed by atoms with Gasteiger partial charge in [0, 0.05) is 82.5 Å². The maximum atomic E-state index is 13.5. The number of ether oxygens (including phenoxy) is 5. The third-order valence-corrected chi connectivity index (χ3v) is 12.7. The van der Waals surface area contributed by atoms with Crippen molar-refractivity contribution in [1.29, 1.82) is 0 Å². The number of carbonyl (C=O) groups excluding carboxylic acids is 1.